The van der Waals surface area contributed by atoms with Gasteiger partial charge >= 0.3 is 5.97 Å². The molecule has 0 fully saturated rings. The first-order valence-corrected chi connectivity index (χ1v) is 7.49. The molecule has 0 heterocycles. The van der Waals surface area contributed by atoms with Crippen molar-refractivity contribution >= 4 is 29.5 Å². The minimum Gasteiger partial charge on any atom is -0.482 e. The van der Waals surface area contributed by atoms with E-state index in [0.29, 0.717) is 12.4 Å². The number of rotatable bonds is 9. The Balaban J connectivity index is 2.30. The average Bonchev–Trinajstić information content (AvgIpc) is 2.50. The molecule has 0 atom stereocenters. The summed E-state index contributed by atoms with van der Waals surface area (Å²) >= 11 is 4.62. The van der Waals surface area contributed by atoms with Gasteiger partial charge in [-0.3, -0.25) is 5.43 Å². The Bertz CT molecular complexity index is 503. The maximum absolute atomic E-state index is 11.5. The molecule has 0 aliphatic heterocycles. The summed E-state index contributed by atoms with van der Waals surface area (Å²) in [4.78, 5) is 11.5. The second-order valence-electron chi connectivity index (χ2n) is 4.52. The van der Waals surface area contributed by atoms with Gasteiger partial charge in [-0.2, -0.15) is 5.10 Å². The summed E-state index contributed by atoms with van der Waals surface area (Å²) in [6, 6.07) is 7.08. The van der Waals surface area contributed by atoms with Gasteiger partial charge in [-0.15, -0.1) is 0 Å². The van der Waals surface area contributed by atoms with E-state index >= 15 is 0 Å². The van der Waals surface area contributed by atoms with E-state index in [2.05, 4.69) is 29.7 Å². The summed E-state index contributed by atoms with van der Waals surface area (Å²) in [6.07, 6.45) is 4.61. The highest BCUT2D eigenvalue weighted by molar-refractivity contribution is 7.80. The molecule has 0 unspecified atom stereocenters. The van der Waals surface area contributed by atoms with Gasteiger partial charge in [0, 0.05) is 0 Å². The van der Waals surface area contributed by atoms with Gasteiger partial charge in [0.05, 0.1) is 12.8 Å². The number of thiocarbonyl (C=S) groups is 1. The number of hydrazone groups is 1. The molecule has 6 nitrogen and oxygen atoms in total. The summed E-state index contributed by atoms with van der Waals surface area (Å²) in [5, 5.41) is 3.94. The van der Waals surface area contributed by atoms with Crippen molar-refractivity contribution in [1.29, 1.82) is 0 Å². The number of hydrogen-bond acceptors (Lipinski definition) is 5. The number of nitrogens with zero attached hydrogens (tertiary/aromatic N) is 1. The molecule has 0 aliphatic rings. The van der Waals surface area contributed by atoms with Gasteiger partial charge < -0.3 is 15.2 Å². The third-order valence-corrected chi connectivity index (χ3v) is 2.73. The molecule has 0 spiro atoms. The summed E-state index contributed by atoms with van der Waals surface area (Å²) in [5.74, 6) is 0.229. The van der Waals surface area contributed by atoms with Crippen molar-refractivity contribution in [2.24, 2.45) is 10.8 Å². The molecular formula is C15H21N3O3S. The number of esters is 1. The van der Waals surface area contributed by atoms with Gasteiger partial charge in [0.1, 0.15) is 5.75 Å². The largest absolute Gasteiger partial charge is 0.482 e. The molecule has 22 heavy (non-hydrogen) atoms. The van der Waals surface area contributed by atoms with Gasteiger partial charge in [-0.05, 0) is 48.5 Å². The number of benzene rings is 1. The standard InChI is InChI=1S/C15H21N3O3S/c1-2-3-4-9-20-14(19)11-21-13-7-5-12(6-8-13)10-17-18-15(16)22/h5-8,10H,2-4,9,11H2,1H3,(H3,16,18,22)/b17-10+. The lowest BCUT2D eigenvalue weighted by Crippen LogP contribution is -2.23. The molecule has 1 aromatic rings. The molecule has 0 saturated heterocycles. The van der Waals surface area contributed by atoms with Gasteiger partial charge in [0.25, 0.3) is 0 Å². The van der Waals surface area contributed by atoms with E-state index in [1.807, 2.05) is 0 Å². The van der Waals surface area contributed by atoms with E-state index in [9.17, 15) is 4.79 Å². The first-order chi connectivity index (χ1) is 10.6. The molecule has 0 bridgehead atoms. The zero-order valence-corrected chi connectivity index (χ0v) is 13.4. The van der Waals surface area contributed by atoms with Crippen LogP contribution in [-0.4, -0.2) is 30.5 Å². The van der Waals surface area contributed by atoms with E-state index in [0.717, 1.165) is 24.8 Å². The Morgan fingerprint density at radius 2 is 2.09 bits per heavy atom. The number of carbonyl (C=O) groups excluding carboxylic acids is 1. The van der Waals surface area contributed by atoms with Crippen molar-refractivity contribution in [1.82, 2.24) is 5.43 Å². The van der Waals surface area contributed by atoms with Gasteiger partial charge in [0.2, 0.25) is 0 Å². The fourth-order valence-electron chi connectivity index (χ4n) is 1.54. The van der Waals surface area contributed by atoms with Gasteiger partial charge in [0.15, 0.2) is 11.7 Å². The Kier molecular flexibility index (Phi) is 8.59. The molecule has 7 heteroatoms. The van der Waals surface area contributed by atoms with Gasteiger partial charge in [-0.25, -0.2) is 4.79 Å². The summed E-state index contributed by atoms with van der Waals surface area (Å²) in [7, 11) is 0. The highest BCUT2D eigenvalue weighted by atomic mass is 32.1. The minimum absolute atomic E-state index is 0.0947. The Labute approximate surface area is 135 Å². The lowest BCUT2D eigenvalue weighted by Gasteiger charge is -2.07. The number of hydrogen-bond donors (Lipinski definition) is 2. The molecule has 0 radical (unpaired) electrons. The van der Waals surface area contributed by atoms with E-state index in [1.165, 1.54) is 0 Å². The van der Waals surface area contributed by atoms with Crippen molar-refractivity contribution in [3.05, 3.63) is 29.8 Å². The van der Waals surface area contributed by atoms with Crippen molar-refractivity contribution in [2.45, 2.75) is 26.2 Å². The maximum Gasteiger partial charge on any atom is 0.344 e. The van der Waals surface area contributed by atoms with Crippen LogP contribution in [0.25, 0.3) is 0 Å². The molecular weight excluding hydrogens is 302 g/mol. The molecule has 120 valence electrons. The highest BCUT2D eigenvalue weighted by Gasteiger charge is 2.03. The molecule has 0 aromatic heterocycles. The number of carbonyl (C=O) groups is 1. The maximum atomic E-state index is 11.5. The van der Waals surface area contributed by atoms with Crippen molar-refractivity contribution < 1.29 is 14.3 Å². The number of nitrogens with one attached hydrogen (secondary N) is 1. The predicted molar refractivity (Wildman–Crippen MR) is 89.9 cm³/mol. The number of ether oxygens (including phenoxy) is 2. The second-order valence-corrected chi connectivity index (χ2v) is 4.96. The van der Waals surface area contributed by atoms with Crippen molar-refractivity contribution in [3.63, 3.8) is 0 Å². The smallest absolute Gasteiger partial charge is 0.344 e. The number of unbranched alkanes of at least 4 members (excludes halogenated alkanes) is 2. The van der Waals surface area contributed by atoms with Crippen LogP contribution in [0.1, 0.15) is 31.7 Å². The quantitative estimate of drug-likeness (QED) is 0.238. The van der Waals surface area contributed by atoms with Crippen LogP contribution in [0.3, 0.4) is 0 Å². The lowest BCUT2D eigenvalue weighted by molar-refractivity contribution is -0.146. The van der Waals surface area contributed by atoms with Crippen LogP contribution in [-0.2, 0) is 9.53 Å². The second kappa shape index (κ2) is 10.6. The van der Waals surface area contributed by atoms with E-state index < -0.39 is 0 Å². The van der Waals surface area contributed by atoms with Crippen LogP contribution < -0.4 is 15.9 Å². The summed E-state index contributed by atoms with van der Waals surface area (Å²) < 4.78 is 10.4. The fourth-order valence-corrected chi connectivity index (χ4v) is 1.60. The Hall–Kier alpha value is -2.15. The van der Waals surface area contributed by atoms with Crippen molar-refractivity contribution in [3.8, 4) is 5.75 Å². The van der Waals surface area contributed by atoms with E-state index in [-0.39, 0.29) is 17.7 Å². The Morgan fingerprint density at radius 1 is 1.36 bits per heavy atom. The lowest BCUT2D eigenvalue weighted by atomic mass is 10.2. The zero-order chi connectivity index (χ0) is 16.2. The third-order valence-electron chi connectivity index (χ3n) is 2.64. The fraction of sp³-hybridized carbons (Fsp3) is 0.400. The Morgan fingerprint density at radius 3 is 2.73 bits per heavy atom. The summed E-state index contributed by atoms with van der Waals surface area (Å²) in [6.45, 7) is 2.45. The predicted octanol–water partition coefficient (Wildman–Crippen LogP) is 1.97. The molecule has 3 N–H and O–H groups in total. The van der Waals surface area contributed by atoms with Crippen LogP contribution in [0, 0.1) is 0 Å². The minimum atomic E-state index is -0.359. The third kappa shape index (κ3) is 8.21. The van der Waals surface area contributed by atoms with Gasteiger partial charge in [-0.1, -0.05) is 19.8 Å². The normalized spacial score (nSPS) is 10.4. The molecule has 1 rings (SSSR count). The number of nitrogens with two attached hydrogens (primary N) is 1. The summed E-state index contributed by atoms with van der Waals surface area (Å²) in [5.41, 5.74) is 8.55. The van der Waals surface area contributed by atoms with E-state index in [4.69, 9.17) is 15.2 Å². The van der Waals surface area contributed by atoms with Crippen LogP contribution in [0.15, 0.2) is 29.4 Å². The molecule has 1 aromatic carbocycles. The SMILES string of the molecule is CCCCCOC(=O)COc1ccc(/C=N/NC(N)=S)cc1. The molecule has 0 saturated carbocycles. The highest BCUT2D eigenvalue weighted by Crippen LogP contribution is 2.11. The van der Waals surface area contributed by atoms with Crippen LogP contribution in [0.5, 0.6) is 5.75 Å². The molecule has 0 aliphatic carbocycles. The first kappa shape index (κ1) is 17.9. The van der Waals surface area contributed by atoms with Crippen LogP contribution >= 0.6 is 12.2 Å². The van der Waals surface area contributed by atoms with Crippen LogP contribution in [0.4, 0.5) is 0 Å². The zero-order valence-electron chi connectivity index (χ0n) is 12.6. The van der Waals surface area contributed by atoms with Crippen molar-refractivity contribution in [2.75, 3.05) is 13.2 Å². The monoisotopic (exact) mass is 323 g/mol. The average molecular weight is 323 g/mol. The molecule has 0 amide bonds. The van der Waals surface area contributed by atoms with E-state index in [1.54, 1.807) is 30.5 Å². The van der Waals surface area contributed by atoms with Crippen LogP contribution in [0.2, 0.25) is 0 Å². The topological polar surface area (TPSA) is 85.9 Å². The first-order valence-electron chi connectivity index (χ1n) is 7.09.